The molecule has 2 heterocycles. The Morgan fingerprint density at radius 1 is 1.33 bits per heavy atom. The van der Waals surface area contributed by atoms with Gasteiger partial charge in [0.15, 0.2) is 5.13 Å². The summed E-state index contributed by atoms with van der Waals surface area (Å²) in [4.78, 5) is 21.1. The van der Waals surface area contributed by atoms with Crippen LogP contribution >= 0.6 is 27.3 Å². The zero-order valence-corrected chi connectivity index (χ0v) is 16.2. The third-order valence-electron chi connectivity index (χ3n) is 4.13. The van der Waals surface area contributed by atoms with Crippen molar-refractivity contribution in [2.75, 3.05) is 31.1 Å². The van der Waals surface area contributed by atoms with Crippen molar-refractivity contribution in [2.24, 2.45) is 0 Å². The third kappa shape index (κ3) is 4.08. The van der Waals surface area contributed by atoms with Gasteiger partial charge in [0, 0.05) is 36.0 Å². The number of nitrogens with one attached hydrogen (secondary N) is 1. The summed E-state index contributed by atoms with van der Waals surface area (Å²) in [6.07, 6.45) is 0. The maximum atomic E-state index is 12.5. The van der Waals surface area contributed by atoms with Gasteiger partial charge in [-0.1, -0.05) is 28.1 Å². The maximum absolute atomic E-state index is 12.5. The zero-order valence-electron chi connectivity index (χ0n) is 13.8. The summed E-state index contributed by atoms with van der Waals surface area (Å²) < 4.78 is 1.02. The molecule has 1 aromatic carbocycles. The van der Waals surface area contributed by atoms with E-state index < -0.39 is 0 Å². The summed E-state index contributed by atoms with van der Waals surface area (Å²) in [6, 6.07) is 8.01. The summed E-state index contributed by atoms with van der Waals surface area (Å²) in [5.41, 5.74) is 2.15. The molecule has 0 radical (unpaired) electrons. The molecule has 128 valence electrons. The van der Waals surface area contributed by atoms with Crippen LogP contribution in [0.15, 0.2) is 34.1 Å². The minimum atomic E-state index is -0.0189. The number of amides is 2. The Labute approximate surface area is 154 Å². The first-order chi connectivity index (χ1) is 11.5. The predicted molar refractivity (Wildman–Crippen MR) is 102 cm³/mol. The van der Waals surface area contributed by atoms with Crippen LogP contribution in [0.25, 0.3) is 0 Å². The molecule has 1 atom stereocenters. The van der Waals surface area contributed by atoms with Gasteiger partial charge in [-0.2, -0.15) is 0 Å². The molecular weight excluding hydrogens is 388 g/mol. The molecule has 2 aromatic rings. The smallest absolute Gasteiger partial charge is 0.317 e. The van der Waals surface area contributed by atoms with E-state index in [1.165, 1.54) is 0 Å². The molecule has 0 aliphatic carbocycles. The van der Waals surface area contributed by atoms with Gasteiger partial charge in [-0.25, -0.2) is 9.78 Å². The molecule has 1 aromatic heterocycles. The number of carbonyl (C=O) groups excluding carboxylic acids is 1. The molecule has 2 amide bonds. The lowest BCUT2D eigenvalue weighted by atomic mass is 10.1. The lowest BCUT2D eigenvalue weighted by Crippen LogP contribution is -2.52. The average molecular weight is 409 g/mol. The standard InChI is InChI=1S/C17H21BrN4OS/c1-12-11-24-17(19-12)22-8-6-21(7-9-22)16(23)20-13(2)14-4-3-5-15(18)10-14/h3-5,10-11,13H,6-9H2,1-2H3,(H,20,23). The highest BCUT2D eigenvalue weighted by Gasteiger charge is 2.23. The lowest BCUT2D eigenvalue weighted by molar-refractivity contribution is 0.191. The summed E-state index contributed by atoms with van der Waals surface area (Å²) in [5, 5.41) is 6.20. The number of hydrogen-bond acceptors (Lipinski definition) is 4. The Morgan fingerprint density at radius 3 is 2.71 bits per heavy atom. The van der Waals surface area contributed by atoms with Crippen molar-refractivity contribution in [1.82, 2.24) is 15.2 Å². The Hall–Kier alpha value is -1.60. The summed E-state index contributed by atoms with van der Waals surface area (Å²) >= 11 is 5.14. The van der Waals surface area contributed by atoms with E-state index in [0.717, 1.165) is 47.0 Å². The van der Waals surface area contributed by atoms with Gasteiger partial charge in [0.1, 0.15) is 0 Å². The maximum Gasteiger partial charge on any atom is 0.317 e. The van der Waals surface area contributed by atoms with E-state index in [2.05, 4.69) is 36.5 Å². The quantitative estimate of drug-likeness (QED) is 0.839. The molecule has 24 heavy (non-hydrogen) atoms. The van der Waals surface area contributed by atoms with E-state index in [-0.39, 0.29) is 12.1 Å². The average Bonchev–Trinajstić information content (AvgIpc) is 3.01. The van der Waals surface area contributed by atoms with Crippen molar-refractivity contribution >= 4 is 38.4 Å². The molecular formula is C17H21BrN4OS. The van der Waals surface area contributed by atoms with Crippen LogP contribution in [0.5, 0.6) is 0 Å². The van der Waals surface area contributed by atoms with Crippen LogP contribution in [-0.4, -0.2) is 42.1 Å². The number of anilines is 1. The number of carbonyl (C=O) groups is 1. The van der Waals surface area contributed by atoms with Gasteiger partial charge in [0.2, 0.25) is 0 Å². The molecule has 1 fully saturated rings. The highest BCUT2D eigenvalue weighted by molar-refractivity contribution is 9.10. The minimum Gasteiger partial charge on any atom is -0.345 e. The largest absolute Gasteiger partial charge is 0.345 e. The van der Waals surface area contributed by atoms with Crippen LogP contribution in [0.4, 0.5) is 9.93 Å². The van der Waals surface area contributed by atoms with E-state index in [1.807, 2.05) is 43.0 Å². The van der Waals surface area contributed by atoms with E-state index in [4.69, 9.17) is 0 Å². The van der Waals surface area contributed by atoms with Gasteiger partial charge in [-0.05, 0) is 31.5 Å². The number of aryl methyl sites for hydroxylation is 1. The first kappa shape index (κ1) is 17.2. The molecule has 1 aliphatic rings. The fourth-order valence-corrected chi connectivity index (χ4v) is 4.00. The highest BCUT2D eigenvalue weighted by Crippen LogP contribution is 2.22. The van der Waals surface area contributed by atoms with E-state index >= 15 is 0 Å². The van der Waals surface area contributed by atoms with E-state index in [1.54, 1.807) is 11.3 Å². The topological polar surface area (TPSA) is 48.5 Å². The Bertz CT molecular complexity index is 712. The molecule has 0 spiro atoms. The number of urea groups is 1. The van der Waals surface area contributed by atoms with Crippen LogP contribution < -0.4 is 10.2 Å². The fourth-order valence-electron chi connectivity index (χ4n) is 2.72. The van der Waals surface area contributed by atoms with Crippen LogP contribution in [0.2, 0.25) is 0 Å². The molecule has 0 saturated carbocycles. The summed E-state index contributed by atoms with van der Waals surface area (Å²) in [5.74, 6) is 0. The van der Waals surface area contributed by atoms with Crippen LogP contribution in [0.1, 0.15) is 24.2 Å². The highest BCUT2D eigenvalue weighted by atomic mass is 79.9. The second-order valence-electron chi connectivity index (χ2n) is 5.97. The second kappa shape index (κ2) is 7.53. The van der Waals surface area contributed by atoms with E-state index in [0.29, 0.717) is 0 Å². The number of rotatable bonds is 3. The number of nitrogens with zero attached hydrogens (tertiary/aromatic N) is 3. The normalized spacial score (nSPS) is 16.1. The van der Waals surface area contributed by atoms with Gasteiger partial charge in [0.25, 0.3) is 0 Å². The lowest BCUT2D eigenvalue weighted by Gasteiger charge is -2.35. The van der Waals surface area contributed by atoms with E-state index in [9.17, 15) is 4.79 Å². The minimum absolute atomic E-state index is 0.00237. The number of hydrogen-bond donors (Lipinski definition) is 1. The van der Waals surface area contributed by atoms with Crippen molar-refractivity contribution in [1.29, 1.82) is 0 Å². The summed E-state index contributed by atoms with van der Waals surface area (Å²) in [7, 11) is 0. The Morgan fingerprint density at radius 2 is 2.08 bits per heavy atom. The fraction of sp³-hybridized carbons (Fsp3) is 0.412. The van der Waals surface area contributed by atoms with Crippen molar-refractivity contribution in [3.63, 3.8) is 0 Å². The van der Waals surface area contributed by atoms with Crippen molar-refractivity contribution in [2.45, 2.75) is 19.9 Å². The van der Waals surface area contributed by atoms with Crippen LogP contribution in [0.3, 0.4) is 0 Å². The second-order valence-corrected chi connectivity index (χ2v) is 7.72. The first-order valence-corrected chi connectivity index (χ1v) is 9.68. The van der Waals surface area contributed by atoms with Gasteiger partial charge in [-0.15, -0.1) is 11.3 Å². The number of aromatic nitrogens is 1. The number of thiazole rings is 1. The molecule has 3 rings (SSSR count). The molecule has 0 bridgehead atoms. The van der Waals surface area contributed by atoms with Crippen LogP contribution in [-0.2, 0) is 0 Å². The third-order valence-corrected chi connectivity index (χ3v) is 5.65. The van der Waals surface area contributed by atoms with Crippen molar-refractivity contribution in [3.05, 3.63) is 45.4 Å². The number of halogens is 1. The van der Waals surface area contributed by atoms with Gasteiger partial charge in [-0.3, -0.25) is 0 Å². The molecule has 1 unspecified atom stereocenters. The Kier molecular flexibility index (Phi) is 5.40. The zero-order chi connectivity index (χ0) is 17.1. The van der Waals surface area contributed by atoms with Gasteiger partial charge >= 0.3 is 6.03 Å². The predicted octanol–water partition coefficient (Wildman–Crippen LogP) is 3.81. The SMILES string of the molecule is Cc1csc(N2CCN(C(=O)NC(C)c3cccc(Br)c3)CC2)n1. The monoisotopic (exact) mass is 408 g/mol. The van der Waals surface area contributed by atoms with Crippen LogP contribution in [0, 0.1) is 6.92 Å². The van der Waals surface area contributed by atoms with Crippen molar-refractivity contribution in [3.8, 4) is 0 Å². The van der Waals surface area contributed by atoms with Gasteiger partial charge < -0.3 is 15.1 Å². The molecule has 1 aliphatic heterocycles. The number of piperazine rings is 1. The van der Waals surface area contributed by atoms with Crippen molar-refractivity contribution < 1.29 is 4.79 Å². The molecule has 5 nitrogen and oxygen atoms in total. The summed E-state index contributed by atoms with van der Waals surface area (Å²) in [6.45, 7) is 7.10. The number of benzene rings is 1. The molecule has 7 heteroatoms. The first-order valence-electron chi connectivity index (χ1n) is 8.01. The molecule has 1 saturated heterocycles. The van der Waals surface area contributed by atoms with Gasteiger partial charge in [0.05, 0.1) is 11.7 Å². The molecule has 1 N–H and O–H groups in total. The Balaban J connectivity index is 1.53.